The predicted molar refractivity (Wildman–Crippen MR) is 150 cm³/mol. The van der Waals surface area contributed by atoms with Crippen LogP contribution >= 0.6 is 0 Å². The Kier molecular flexibility index (Phi) is 8.08. The molecule has 1 saturated carbocycles. The van der Waals surface area contributed by atoms with Crippen LogP contribution in [0.5, 0.6) is 0 Å². The van der Waals surface area contributed by atoms with Crippen molar-refractivity contribution in [2.75, 3.05) is 29.0 Å². The number of halogens is 1. The number of hydrogen-bond donors (Lipinski definition) is 4. The van der Waals surface area contributed by atoms with E-state index in [9.17, 15) is 9.18 Å². The van der Waals surface area contributed by atoms with Gasteiger partial charge in [0.2, 0.25) is 0 Å². The standard InChI is InChI=1S/C28H38FN9O2/c29-20-15-32-26-23(24(30)35-38(26)17-20)27(39)33-21-16-31-12-9-22(21)37-13-10-18(11-14-37)25-34-28(40-36-25)19-7-5-3-1-2-4-6-8-19/h9,12,15-19,25,28,34,36H,1-8,10-11,13-14H2,(H2,30,35)(H,33,39). The summed E-state index contributed by atoms with van der Waals surface area (Å²) in [6.45, 7) is 1.68. The van der Waals surface area contributed by atoms with Crippen molar-refractivity contribution in [2.24, 2.45) is 11.8 Å². The van der Waals surface area contributed by atoms with Crippen molar-refractivity contribution in [1.29, 1.82) is 0 Å². The molecule has 0 spiro atoms. The van der Waals surface area contributed by atoms with Gasteiger partial charge < -0.3 is 16.0 Å². The van der Waals surface area contributed by atoms with Crippen molar-refractivity contribution in [3.8, 4) is 0 Å². The van der Waals surface area contributed by atoms with Gasteiger partial charge in [0.1, 0.15) is 11.8 Å². The summed E-state index contributed by atoms with van der Waals surface area (Å²) in [5, 5.41) is 10.7. The van der Waals surface area contributed by atoms with Crippen molar-refractivity contribution in [1.82, 2.24) is 30.4 Å². The molecular formula is C28H38FN9O2. The number of piperidine rings is 1. The normalized spacial score (nSPS) is 23.6. The van der Waals surface area contributed by atoms with Gasteiger partial charge in [-0.2, -0.15) is 5.48 Å². The number of nitrogen functional groups attached to an aromatic ring is 1. The van der Waals surface area contributed by atoms with Crippen LogP contribution in [0.15, 0.2) is 30.9 Å². The number of nitrogens with zero attached hydrogens (tertiary/aromatic N) is 5. The molecule has 214 valence electrons. The predicted octanol–water partition coefficient (Wildman–Crippen LogP) is 3.84. The zero-order chi connectivity index (χ0) is 27.5. The maximum atomic E-state index is 13.6. The molecule has 2 atom stereocenters. The van der Waals surface area contributed by atoms with E-state index in [2.05, 4.69) is 36.1 Å². The molecule has 0 bridgehead atoms. The number of hydroxylamine groups is 1. The number of nitrogens with two attached hydrogens (primary N) is 1. The Bertz CT molecular complexity index is 1320. The summed E-state index contributed by atoms with van der Waals surface area (Å²) in [6, 6.07) is 1.91. The van der Waals surface area contributed by atoms with Gasteiger partial charge in [-0.15, -0.1) is 5.10 Å². The fraction of sp³-hybridized carbons (Fsp3) is 0.571. The van der Waals surface area contributed by atoms with E-state index in [1.54, 1.807) is 12.4 Å². The van der Waals surface area contributed by atoms with E-state index in [-0.39, 0.29) is 29.4 Å². The van der Waals surface area contributed by atoms with Gasteiger partial charge in [-0.1, -0.05) is 38.5 Å². The maximum absolute atomic E-state index is 13.6. The fourth-order valence-corrected chi connectivity index (χ4v) is 6.39. The SMILES string of the molecule is Nc1nn2cc(F)cnc2c1C(=O)Nc1cnccc1N1CCC(C2NOC(C3CCCCCCCC3)N2)CC1. The Balaban J connectivity index is 1.08. The van der Waals surface area contributed by atoms with Crippen LogP contribution in [0.3, 0.4) is 0 Å². The van der Waals surface area contributed by atoms with Crippen LogP contribution in [0, 0.1) is 17.7 Å². The molecule has 2 aliphatic heterocycles. The summed E-state index contributed by atoms with van der Waals surface area (Å²) in [4.78, 5) is 29.8. The highest BCUT2D eigenvalue weighted by molar-refractivity contribution is 6.12. The summed E-state index contributed by atoms with van der Waals surface area (Å²) in [7, 11) is 0. The number of pyridine rings is 1. The minimum Gasteiger partial charge on any atom is -0.381 e. The van der Waals surface area contributed by atoms with Crippen LogP contribution in [0.2, 0.25) is 0 Å². The molecule has 3 aliphatic rings. The molecule has 3 aromatic heterocycles. The third-order valence-electron chi connectivity index (χ3n) is 8.59. The van der Waals surface area contributed by atoms with Crippen LogP contribution in [0.4, 0.5) is 21.6 Å². The Morgan fingerprint density at radius 1 is 1.05 bits per heavy atom. The smallest absolute Gasteiger partial charge is 0.263 e. The molecule has 6 rings (SSSR count). The quantitative estimate of drug-likeness (QED) is 0.373. The van der Waals surface area contributed by atoms with Crippen LogP contribution in [-0.2, 0) is 4.84 Å². The lowest BCUT2D eigenvalue weighted by Gasteiger charge is -2.36. The lowest BCUT2D eigenvalue weighted by atomic mass is 9.92. The third-order valence-corrected chi connectivity index (χ3v) is 8.59. The van der Waals surface area contributed by atoms with Gasteiger partial charge in [0, 0.05) is 25.2 Å². The van der Waals surface area contributed by atoms with Crippen molar-refractivity contribution in [3.63, 3.8) is 0 Å². The summed E-state index contributed by atoms with van der Waals surface area (Å²) < 4.78 is 14.7. The number of fused-ring (bicyclic) bond motifs is 1. The third kappa shape index (κ3) is 5.74. The second kappa shape index (κ2) is 12.0. The number of nitrogens with one attached hydrogen (secondary N) is 3. The van der Waals surface area contributed by atoms with E-state index >= 15 is 0 Å². The van der Waals surface area contributed by atoms with Crippen molar-refractivity contribution >= 4 is 28.7 Å². The maximum Gasteiger partial charge on any atom is 0.263 e. The van der Waals surface area contributed by atoms with Gasteiger partial charge in [0.25, 0.3) is 5.91 Å². The van der Waals surface area contributed by atoms with Gasteiger partial charge >= 0.3 is 0 Å². The molecule has 3 fully saturated rings. The highest BCUT2D eigenvalue weighted by Crippen LogP contribution is 2.33. The van der Waals surface area contributed by atoms with Gasteiger partial charge in [-0.05, 0) is 37.7 Å². The lowest BCUT2D eigenvalue weighted by molar-refractivity contribution is -0.0187. The summed E-state index contributed by atoms with van der Waals surface area (Å²) in [6.07, 6.45) is 18.2. The molecule has 3 aromatic rings. The van der Waals surface area contributed by atoms with Crippen LogP contribution in [0.1, 0.15) is 74.6 Å². The van der Waals surface area contributed by atoms with Crippen LogP contribution in [-0.4, -0.2) is 51.0 Å². The molecule has 1 aliphatic carbocycles. The largest absolute Gasteiger partial charge is 0.381 e. The zero-order valence-electron chi connectivity index (χ0n) is 22.7. The molecule has 0 aromatic carbocycles. The average Bonchev–Trinajstić information content (AvgIpc) is 3.60. The van der Waals surface area contributed by atoms with Gasteiger partial charge in [-0.25, -0.2) is 13.9 Å². The summed E-state index contributed by atoms with van der Waals surface area (Å²) in [5.41, 5.74) is 11.1. The van der Waals surface area contributed by atoms with Crippen molar-refractivity contribution < 1.29 is 14.0 Å². The fourth-order valence-electron chi connectivity index (χ4n) is 6.39. The van der Waals surface area contributed by atoms with Gasteiger partial charge in [0.05, 0.1) is 36.1 Å². The van der Waals surface area contributed by atoms with E-state index in [1.807, 2.05) is 6.07 Å². The van der Waals surface area contributed by atoms with Crippen LogP contribution < -0.4 is 26.7 Å². The molecular weight excluding hydrogens is 513 g/mol. The molecule has 1 amide bonds. The minimum absolute atomic E-state index is 0.0195. The van der Waals surface area contributed by atoms with E-state index in [4.69, 9.17) is 10.6 Å². The first kappa shape index (κ1) is 26.9. The Labute approximate surface area is 233 Å². The topological polar surface area (TPSA) is 135 Å². The Morgan fingerprint density at radius 3 is 2.58 bits per heavy atom. The molecule has 0 radical (unpaired) electrons. The summed E-state index contributed by atoms with van der Waals surface area (Å²) >= 11 is 0. The molecule has 12 heteroatoms. The number of amides is 1. The number of carbonyl (C=O) groups is 1. The van der Waals surface area contributed by atoms with Crippen LogP contribution in [0.25, 0.3) is 5.65 Å². The molecule has 2 saturated heterocycles. The average molecular weight is 552 g/mol. The van der Waals surface area contributed by atoms with E-state index in [1.165, 1.54) is 55.9 Å². The number of rotatable bonds is 5. The highest BCUT2D eigenvalue weighted by Gasteiger charge is 2.36. The molecule has 11 nitrogen and oxygen atoms in total. The molecule has 40 heavy (non-hydrogen) atoms. The Morgan fingerprint density at radius 2 is 1.80 bits per heavy atom. The number of anilines is 3. The number of aromatic nitrogens is 4. The van der Waals surface area contributed by atoms with Gasteiger partial charge in [0.15, 0.2) is 17.3 Å². The number of hydrogen-bond acceptors (Lipinski definition) is 9. The second-order valence-corrected chi connectivity index (χ2v) is 11.2. The van der Waals surface area contributed by atoms with E-state index < -0.39 is 11.7 Å². The van der Waals surface area contributed by atoms with Gasteiger partial charge in [-0.3, -0.25) is 19.9 Å². The molecule has 5 heterocycles. The minimum atomic E-state index is -0.569. The first-order valence-electron chi connectivity index (χ1n) is 14.5. The van der Waals surface area contributed by atoms with E-state index in [0.29, 0.717) is 17.5 Å². The first-order valence-corrected chi connectivity index (χ1v) is 14.5. The van der Waals surface area contributed by atoms with Crippen molar-refractivity contribution in [3.05, 3.63) is 42.2 Å². The highest BCUT2D eigenvalue weighted by atomic mass is 19.1. The molecule has 5 N–H and O–H groups in total. The summed E-state index contributed by atoms with van der Waals surface area (Å²) in [5.74, 6) is -0.0463. The number of carbonyl (C=O) groups excluding carboxylic acids is 1. The van der Waals surface area contributed by atoms with E-state index in [0.717, 1.165) is 44.0 Å². The monoisotopic (exact) mass is 551 g/mol. The second-order valence-electron chi connectivity index (χ2n) is 11.2. The Hall–Kier alpha value is -3.35. The van der Waals surface area contributed by atoms with Crippen molar-refractivity contribution in [2.45, 2.75) is 76.6 Å². The zero-order valence-corrected chi connectivity index (χ0v) is 22.7. The first-order chi connectivity index (χ1) is 19.6. The lowest BCUT2D eigenvalue weighted by Crippen LogP contribution is -2.47. The molecule has 2 unspecified atom stereocenters.